The zero-order chi connectivity index (χ0) is 16.3. The van der Waals surface area contributed by atoms with E-state index in [1.54, 1.807) is 0 Å². The highest BCUT2D eigenvalue weighted by Gasteiger charge is 2.33. The third-order valence-corrected chi connectivity index (χ3v) is 4.78. The molecule has 1 saturated heterocycles. The van der Waals surface area contributed by atoms with E-state index in [-0.39, 0.29) is 23.7 Å². The predicted molar refractivity (Wildman–Crippen MR) is 97.2 cm³/mol. The van der Waals surface area contributed by atoms with Crippen LogP contribution in [0.5, 0.6) is 0 Å². The van der Waals surface area contributed by atoms with Crippen LogP contribution in [0.2, 0.25) is 0 Å². The molecule has 2 rings (SSSR count). The van der Waals surface area contributed by atoms with Gasteiger partial charge in [0, 0.05) is 34.3 Å². The maximum atomic E-state index is 12.3. The monoisotopic (exact) mass is 416 g/mol. The minimum atomic E-state index is -0.0921. The Labute approximate surface area is 146 Å². The normalized spacial score (nSPS) is 23.3. The molecule has 1 aliphatic heterocycles. The third-order valence-electron chi connectivity index (χ3n) is 4.06. The van der Waals surface area contributed by atoms with Gasteiger partial charge in [-0.25, -0.2) is 0 Å². The average Bonchev–Trinajstić information content (AvgIpc) is 2.44. The molecule has 1 amide bonds. The van der Waals surface area contributed by atoms with Crippen molar-refractivity contribution in [2.24, 2.45) is 0 Å². The van der Waals surface area contributed by atoms with E-state index < -0.39 is 0 Å². The Morgan fingerprint density at radius 2 is 1.82 bits per heavy atom. The molecule has 0 aliphatic carbocycles. The first kappa shape index (κ1) is 17.7. The summed E-state index contributed by atoms with van der Waals surface area (Å²) in [5, 5.41) is 3.06. The lowest BCUT2D eigenvalue weighted by Crippen LogP contribution is -2.58. The Morgan fingerprint density at radius 1 is 1.27 bits per heavy atom. The highest BCUT2D eigenvalue weighted by molar-refractivity contribution is 14.1. The van der Waals surface area contributed by atoms with E-state index >= 15 is 0 Å². The number of rotatable bonds is 4. The van der Waals surface area contributed by atoms with Crippen LogP contribution in [0.25, 0.3) is 0 Å². The van der Waals surface area contributed by atoms with E-state index in [0.29, 0.717) is 12.1 Å². The van der Waals surface area contributed by atoms with Gasteiger partial charge in [-0.3, -0.25) is 9.69 Å². The van der Waals surface area contributed by atoms with Gasteiger partial charge in [0.15, 0.2) is 0 Å². The number of halogens is 1. The van der Waals surface area contributed by atoms with Crippen LogP contribution >= 0.6 is 22.6 Å². The molecule has 0 bridgehead atoms. The average molecular weight is 416 g/mol. The van der Waals surface area contributed by atoms with Gasteiger partial charge in [0.2, 0.25) is 0 Å². The van der Waals surface area contributed by atoms with Gasteiger partial charge in [0.25, 0.3) is 5.91 Å². The topological polar surface area (TPSA) is 41.6 Å². The number of hydrogen-bond acceptors (Lipinski definition) is 3. The van der Waals surface area contributed by atoms with Crippen molar-refractivity contribution in [1.29, 1.82) is 0 Å². The van der Waals surface area contributed by atoms with Crippen LogP contribution in [-0.2, 0) is 4.74 Å². The fourth-order valence-electron chi connectivity index (χ4n) is 2.78. The summed E-state index contributed by atoms with van der Waals surface area (Å²) in [6.07, 6.45) is 0.463. The number of carbonyl (C=O) groups excluding carboxylic acids is 1. The number of benzene rings is 1. The van der Waals surface area contributed by atoms with E-state index in [0.717, 1.165) is 16.7 Å². The molecule has 1 N–H and O–H groups in total. The van der Waals surface area contributed by atoms with Crippen LogP contribution < -0.4 is 5.32 Å². The molecule has 0 unspecified atom stereocenters. The molecule has 5 heteroatoms. The molecule has 1 aromatic rings. The lowest BCUT2D eigenvalue weighted by Gasteiger charge is -2.45. The first-order valence-electron chi connectivity index (χ1n) is 7.72. The Balaban J connectivity index is 1.94. The SMILES string of the molecule is C[C@@H]1CN(C(C)(C)CNC(=O)c2ccc(I)cc2)C[C@H](C)O1. The molecule has 1 aliphatic rings. The van der Waals surface area contributed by atoms with Crippen molar-refractivity contribution in [3.8, 4) is 0 Å². The van der Waals surface area contributed by atoms with Gasteiger partial charge in [0.05, 0.1) is 12.2 Å². The predicted octanol–water partition coefficient (Wildman–Crippen LogP) is 2.91. The first-order valence-corrected chi connectivity index (χ1v) is 8.80. The number of nitrogens with zero attached hydrogens (tertiary/aromatic N) is 1. The van der Waals surface area contributed by atoms with Gasteiger partial charge in [-0.1, -0.05) is 0 Å². The van der Waals surface area contributed by atoms with Crippen LogP contribution in [0.1, 0.15) is 38.1 Å². The van der Waals surface area contributed by atoms with Crippen molar-refractivity contribution in [2.45, 2.75) is 45.4 Å². The van der Waals surface area contributed by atoms with Gasteiger partial charge < -0.3 is 10.1 Å². The van der Waals surface area contributed by atoms with E-state index in [9.17, 15) is 4.79 Å². The Kier molecular flexibility index (Phi) is 5.85. The standard InChI is InChI=1S/C17H25IN2O2/c1-12-9-20(10-13(2)22-12)17(3,4)11-19-16(21)14-5-7-15(18)8-6-14/h5-8,12-13H,9-11H2,1-4H3,(H,19,21)/t12-,13+. The van der Waals surface area contributed by atoms with Gasteiger partial charge in [-0.05, 0) is 74.6 Å². The highest BCUT2D eigenvalue weighted by atomic mass is 127. The smallest absolute Gasteiger partial charge is 0.251 e. The molecule has 1 fully saturated rings. The molecule has 1 aromatic carbocycles. The van der Waals surface area contributed by atoms with E-state index in [1.807, 2.05) is 24.3 Å². The van der Waals surface area contributed by atoms with Crippen molar-refractivity contribution in [3.63, 3.8) is 0 Å². The van der Waals surface area contributed by atoms with Gasteiger partial charge >= 0.3 is 0 Å². The number of amides is 1. The summed E-state index contributed by atoms with van der Waals surface area (Å²) in [6, 6.07) is 7.63. The summed E-state index contributed by atoms with van der Waals surface area (Å²) in [5.41, 5.74) is 0.616. The molecular formula is C17H25IN2O2. The lowest BCUT2D eigenvalue weighted by atomic mass is 10.00. The van der Waals surface area contributed by atoms with E-state index in [4.69, 9.17) is 4.74 Å². The Bertz CT molecular complexity index is 506. The summed E-state index contributed by atoms with van der Waals surface area (Å²) in [4.78, 5) is 14.7. The van der Waals surface area contributed by atoms with Gasteiger partial charge in [0.1, 0.15) is 0 Å². The van der Waals surface area contributed by atoms with Crippen LogP contribution in [0.3, 0.4) is 0 Å². The third kappa shape index (κ3) is 4.67. The second-order valence-corrected chi connectivity index (χ2v) is 7.91. The minimum Gasteiger partial charge on any atom is -0.373 e. The van der Waals surface area contributed by atoms with E-state index in [2.05, 4.69) is 60.5 Å². The maximum absolute atomic E-state index is 12.3. The fourth-order valence-corrected chi connectivity index (χ4v) is 3.14. The largest absolute Gasteiger partial charge is 0.373 e. The summed E-state index contributed by atoms with van der Waals surface area (Å²) < 4.78 is 6.92. The van der Waals surface area contributed by atoms with Crippen molar-refractivity contribution < 1.29 is 9.53 Å². The second-order valence-electron chi connectivity index (χ2n) is 6.66. The first-order chi connectivity index (χ1) is 10.3. The quantitative estimate of drug-likeness (QED) is 0.768. The molecule has 2 atom stereocenters. The van der Waals surface area contributed by atoms with Crippen LogP contribution in [0.15, 0.2) is 24.3 Å². The Hall–Kier alpha value is -0.660. The van der Waals surface area contributed by atoms with Gasteiger partial charge in [-0.2, -0.15) is 0 Å². The highest BCUT2D eigenvalue weighted by Crippen LogP contribution is 2.20. The zero-order valence-corrected chi connectivity index (χ0v) is 15.9. The van der Waals surface area contributed by atoms with Crippen LogP contribution in [-0.4, -0.2) is 48.2 Å². The van der Waals surface area contributed by atoms with Crippen molar-refractivity contribution in [2.75, 3.05) is 19.6 Å². The van der Waals surface area contributed by atoms with E-state index in [1.165, 1.54) is 0 Å². The molecule has 0 aromatic heterocycles. The lowest BCUT2D eigenvalue weighted by molar-refractivity contribution is -0.0948. The van der Waals surface area contributed by atoms with Crippen molar-refractivity contribution in [1.82, 2.24) is 10.2 Å². The number of nitrogens with one attached hydrogen (secondary N) is 1. The fraction of sp³-hybridized carbons (Fsp3) is 0.588. The molecule has 22 heavy (non-hydrogen) atoms. The molecule has 0 radical (unpaired) electrons. The number of hydrogen-bond donors (Lipinski definition) is 1. The summed E-state index contributed by atoms with van der Waals surface area (Å²) in [6.45, 7) is 11.0. The molecule has 0 spiro atoms. The van der Waals surface area contributed by atoms with Crippen LogP contribution in [0, 0.1) is 3.57 Å². The van der Waals surface area contributed by atoms with Crippen LogP contribution in [0.4, 0.5) is 0 Å². The van der Waals surface area contributed by atoms with Gasteiger partial charge in [-0.15, -0.1) is 0 Å². The number of ether oxygens (including phenoxy) is 1. The summed E-state index contributed by atoms with van der Waals surface area (Å²) >= 11 is 2.24. The molecular weight excluding hydrogens is 391 g/mol. The minimum absolute atomic E-state index is 0.0150. The molecule has 0 saturated carbocycles. The second kappa shape index (κ2) is 7.27. The Morgan fingerprint density at radius 3 is 2.36 bits per heavy atom. The van der Waals surface area contributed by atoms with Crippen molar-refractivity contribution >= 4 is 28.5 Å². The van der Waals surface area contributed by atoms with Crippen molar-refractivity contribution in [3.05, 3.63) is 33.4 Å². The molecule has 4 nitrogen and oxygen atoms in total. The molecule has 1 heterocycles. The zero-order valence-electron chi connectivity index (χ0n) is 13.7. The maximum Gasteiger partial charge on any atom is 0.251 e. The summed E-state index contributed by atoms with van der Waals surface area (Å²) in [5.74, 6) is -0.0150. The summed E-state index contributed by atoms with van der Waals surface area (Å²) in [7, 11) is 0. The number of morpholine rings is 1. The number of carbonyl (C=O) groups is 1. The molecule has 122 valence electrons.